The van der Waals surface area contributed by atoms with Crippen molar-refractivity contribution in [1.29, 1.82) is 0 Å². The van der Waals surface area contributed by atoms with Crippen LogP contribution in [-0.4, -0.2) is 23.8 Å². The smallest absolute Gasteiger partial charge is 0.186 e. The molecule has 1 spiro atoms. The van der Waals surface area contributed by atoms with Gasteiger partial charge < -0.3 is 9.47 Å². The summed E-state index contributed by atoms with van der Waals surface area (Å²) < 4.78 is 12.6. The summed E-state index contributed by atoms with van der Waals surface area (Å²) in [6, 6.07) is 0. The minimum atomic E-state index is -0.354. The van der Waals surface area contributed by atoms with E-state index in [4.69, 9.17) is 9.47 Å². The maximum atomic E-state index is 6.32. The number of hydrogen-bond donors (Lipinski definition) is 0. The molecule has 134 valence electrons. The molecule has 3 saturated carbocycles. The van der Waals surface area contributed by atoms with Crippen LogP contribution < -0.4 is 0 Å². The maximum absolute atomic E-state index is 6.32. The van der Waals surface area contributed by atoms with E-state index >= 15 is 0 Å². The first-order chi connectivity index (χ1) is 11.5. The van der Waals surface area contributed by atoms with Crippen LogP contribution in [0.15, 0.2) is 12.2 Å². The van der Waals surface area contributed by atoms with Crippen LogP contribution in [0.3, 0.4) is 0 Å². The lowest BCUT2D eigenvalue weighted by atomic mass is 9.45. The summed E-state index contributed by atoms with van der Waals surface area (Å²) >= 11 is 3.99. The summed E-state index contributed by atoms with van der Waals surface area (Å²) in [7, 11) is 0. The van der Waals surface area contributed by atoms with Gasteiger partial charge in [-0.05, 0) is 74.0 Å². The molecule has 1 aliphatic heterocycles. The fourth-order valence-electron chi connectivity index (χ4n) is 7.70. The van der Waals surface area contributed by atoms with Gasteiger partial charge in [0, 0.05) is 5.41 Å². The molecule has 3 heteroatoms. The average Bonchev–Trinajstić information content (AvgIpc) is 3.15. The monoisotopic (exact) mass is 394 g/mol. The molecule has 2 nitrogen and oxygen atoms in total. The molecular formula is C21H31BrO2. The lowest BCUT2D eigenvalue weighted by Gasteiger charge is -2.60. The number of alkyl halides is 1. The molecule has 4 aliphatic carbocycles. The van der Waals surface area contributed by atoms with Gasteiger partial charge in [0.15, 0.2) is 5.79 Å². The molecule has 0 amide bonds. The highest BCUT2D eigenvalue weighted by atomic mass is 79.9. The number of ether oxygens (including phenoxy) is 2. The minimum absolute atomic E-state index is 0.187. The second kappa shape index (κ2) is 5.33. The summed E-state index contributed by atoms with van der Waals surface area (Å²) in [6.07, 6.45) is 14.3. The van der Waals surface area contributed by atoms with E-state index in [9.17, 15) is 0 Å². The van der Waals surface area contributed by atoms with Crippen LogP contribution in [-0.2, 0) is 9.47 Å². The standard InChI is InChI=1S/C21H31BrO2/c1-19-9-4-3-5-14(19)6-7-15-16(19)8-10-20(2)17(15)13-18(22)21(20)23-11-12-24-21/h3-4,14-18H,5-13H2,1-2H3/t14-,15-,16-,17-,18-,19+,20+/m1/s1. The van der Waals surface area contributed by atoms with E-state index in [1.807, 2.05) is 0 Å². The Morgan fingerprint density at radius 2 is 1.79 bits per heavy atom. The highest BCUT2D eigenvalue weighted by molar-refractivity contribution is 9.09. The molecule has 7 atom stereocenters. The first-order valence-corrected chi connectivity index (χ1v) is 11.0. The highest BCUT2D eigenvalue weighted by Crippen LogP contribution is 2.70. The van der Waals surface area contributed by atoms with Gasteiger partial charge in [0.2, 0.25) is 0 Å². The van der Waals surface area contributed by atoms with Crippen molar-refractivity contribution in [1.82, 2.24) is 0 Å². The van der Waals surface area contributed by atoms with Crippen LogP contribution in [0.5, 0.6) is 0 Å². The Morgan fingerprint density at radius 1 is 1.00 bits per heavy atom. The van der Waals surface area contributed by atoms with Crippen LogP contribution in [0.1, 0.15) is 58.8 Å². The molecular weight excluding hydrogens is 364 g/mol. The topological polar surface area (TPSA) is 18.5 Å². The largest absolute Gasteiger partial charge is 0.346 e. The van der Waals surface area contributed by atoms with Gasteiger partial charge >= 0.3 is 0 Å². The van der Waals surface area contributed by atoms with Crippen molar-refractivity contribution in [2.75, 3.05) is 13.2 Å². The average molecular weight is 395 g/mol. The zero-order chi connectivity index (χ0) is 16.6. The maximum Gasteiger partial charge on any atom is 0.186 e. The van der Waals surface area contributed by atoms with E-state index in [0.29, 0.717) is 10.2 Å². The van der Waals surface area contributed by atoms with Gasteiger partial charge in [0.25, 0.3) is 0 Å². The summed E-state index contributed by atoms with van der Waals surface area (Å²) in [6.45, 7) is 6.63. The van der Waals surface area contributed by atoms with Crippen molar-refractivity contribution < 1.29 is 9.47 Å². The Bertz CT molecular complexity index is 554. The molecule has 1 saturated heterocycles. The van der Waals surface area contributed by atoms with Crippen molar-refractivity contribution in [3.05, 3.63) is 12.2 Å². The van der Waals surface area contributed by atoms with E-state index in [0.717, 1.165) is 36.9 Å². The van der Waals surface area contributed by atoms with E-state index in [-0.39, 0.29) is 11.2 Å². The normalized spacial score (nSPS) is 55.2. The number of allylic oxidation sites excluding steroid dienone is 2. The summed E-state index contributed by atoms with van der Waals surface area (Å²) in [4.78, 5) is 0.359. The van der Waals surface area contributed by atoms with E-state index < -0.39 is 0 Å². The molecule has 0 unspecified atom stereocenters. The van der Waals surface area contributed by atoms with Gasteiger partial charge in [-0.1, -0.05) is 41.9 Å². The molecule has 0 bridgehead atoms. The zero-order valence-corrected chi connectivity index (χ0v) is 16.7. The lowest BCUT2D eigenvalue weighted by molar-refractivity contribution is -0.243. The summed E-state index contributed by atoms with van der Waals surface area (Å²) in [5.74, 6) is 3.08. The van der Waals surface area contributed by atoms with Crippen LogP contribution in [0, 0.1) is 34.5 Å². The number of rotatable bonds is 0. The Morgan fingerprint density at radius 3 is 2.58 bits per heavy atom. The molecule has 0 aromatic rings. The molecule has 1 heterocycles. The van der Waals surface area contributed by atoms with E-state index in [1.54, 1.807) is 0 Å². The van der Waals surface area contributed by atoms with Crippen molar-refractivity contribution in [3.8, 4) is 0 Å². The predicted molar refractivity (Wildman–Crippen MR) is 99.0 cm³/mol. The zero-order valence-electron chi connectivity index (χ0n) is 15.1. The van der Waals surface area contributed by atoms with Gasteiger partial charge in [0.1, 0.15) is 0 Å². The number of hydrogen-bond acceptors (Lipinski definition) is 2. The molecule has 0 N–H and O–H groups in total. The van der Waals surface area contributed by atoms with Crippen LogP contribution >= 0.6 is 15.9 Å². The Hall–Kier alpha value is 0.140. The van der Waals surface area contributed by atoms with Crippen LogP contribution in [0.2, 0.25) is 0 Å². The van der Waals surface area contributed by atoms with Gasteiger partial charge in [-0.25, -0.2) is 0 Å². The molecule has 5 rings (SSSR count). The van der Waals surface area contributed by atoms with Gasteiger partial charge in [-0.3, -0.25) is 0 Å². The fraction of sp³-hybridized carbons (Fsp3) is 0.905. The predicted octanol–water partition coefficient (Wildman–Crippen LogP) is 5.31. The third kappa shape index (κ3) is 1.85. The molecule has 0 aromatic heterocycles. The third-order valence-corrected chi connectivity index (χ3v) is 9.96. The quantitative estimate of drug-likeness (QED) is 0.409. The van der Waals surface area contributed by atoms with Crippen LogP contribution in [0.25, 0.3) is 0 Å². The molecule has 24 heavy (non-hydrogen) atoms. The SMILES string of the molecule is C[C@]12CC=CC[C@@H]1CC[C@@H]1[C@H]2CC[C@@]2(C)[C@@H]1C[C@@H](Br)C21OCCO1. The van der Waals surface area contributed by atoms with Gasteiger partial charge in [0.05, 0.1) is 18.0 Å². The van der Waals surface area contributed by atoms with Crippen molar-refractivity contribution in [2.45, 2.75) is 69.4 Å². The minimum Gasteiger partial charge on any atom is -0.346 e. The highest BCUT2D eigenvalue weighted by Gasteiger charge is 2.70. The van der Waals surface area contributed by atoms with E-state index in [1.165, 1.54) is 44.9 Å². The molecule has 0 aromatic carbocycles. The fourth-order valence-corrected chi connectivity index (χ4v) is 8.89. The van der Waals surface area contributed by atoms with Crippen molar-refractivity contribution in [2.24, 2.45) is 34.5 Å². The Kier molecular flexibility index (Phi) is 3.62. The van der Waals surface area contributed by atoms with Crippen molar-refractivity contribution in [3.63, 3.8) is 0 Å². The van der Waals surface area contributed by atoms with Gasteiger partial charge in [-0.15, -0.1) is 0 Å². The second-order valence-corrected chi connectivity index (χ2v) is 10.7. The lowest BCUT2D eigenvalue weighted by Crippen LogP contribution is -2.57. The first kappa shape index (κ1) is 16.3. The first-order valence-electron chi connectivity index (χ1n) is 10.1. The summed E-state index contributed by atoms with van der Waals surface area (Å²) in [5, 5.41) is 0. The Balaban J connectivity index is 1.51. The summed E-state index contributed by atoms with van der Waals surface area (Å²) in [5.41, 5.74) is 0.723. The Labute approximate surface area is 154 Å². The molecule has 4 fully saturated rings. The van der Waals surface area contributed by atoms with E-state index in [2.05, 4.69) is 41.9 Å². The number of fused-ring (bicyclic) bond motifs is 6. The van der Waals surface area contributed by atoms with Gasteiger partial charge in [-0.2, -0.15) is 0 Å². The second-order valence-electron chi connectivity index (χ2n) is 9.59. The molecule has 5 aliphatic rings. The molecule has 0 radical (unpaired) electrons. The third-order valence-electron chi connectivity index (χ3n) is 8.99. The van der Waals surface area contributed by atoms with Crippen molar-refractivity contribution >= 4 is 15.9 Å². The van der Waals surface area contributed by atoms with Crippen LogP contribution in [0.4, 0.5) is 0 Å². The number of halogens is 1.